The second-order valence-corrected chi connectivity index (χ2v) is 7.03. The Morgan fingerprint density at radius 1 is 1.04 bits per heavy atom. The van der Waals surface area contributed by atoms with Crippen molar-refractivity contribution in [3.63, 3.8) is 0 Å². The van der Waals surface area contributed by atoms with Gasteiger partial charge < -0.3 is 5.32 Å². The van der Waals surface area contributed by atoms with Gasteiger partial charge in [-0.2, -0.15) is 0 Å². The first-order valence-corrected chi connectivity index (χ1v) is 9.11. The van der Waals surface area contributed by atoms with Gasteiger partial charge in [-0.25, -0.2) is 8.78 Å². The minimum atomic E-state index is -0.811. The van der Waals surface area contributed by atoms with E-state index in [1.165, 1.54) is 12.1 Å². The van der Waals surface area contributed by atoms with Crippen molar-refractivity contribution in [2.45, 2.75) is 57.5 Å². The molecule has 1 saturated carbocycles. The van der Waals surface area contributed by atoms with Crippen LogP contribution >= 0.6 is 0 Å². The lowest BCUT2D eigenvalue weighted by Gasteiger charge is -2.32. The van der Waals surface area contributed by atoms with Crippen molar-refractivity contribution < 1.29 is 13.6 Å². The van der Waals surface area contributed by atoms with Gasteiger partial charge in [0.15, 0.2) is 11.6 Å². The maximum atomic E-state index is 13.5. The van der Waals surface area contributed by atoms with Crippen LogP contribution in [0.25, 0.3) is 0 Å². The Hall–Kier alpha value is -1.49. The second-order valence-electron chi connectivity index (χ2n) is 7.03. The summed E-state index contributed by atoms with van der Waals surface area (Å²) in [6, 6.07) is 4.32. The lowest BCUT2D eigenvalue weighted by molar-refractivity contribution is -0.126. The van der Waals surface area contributed by atoms with Crippen molar-refractivity contribution in [1.29, 1.82) is 0 Å². The van der Waals surface area contributed by atoms with Crippen molar-refractivity contribution >= 4 is 5.91 Å². The maximum absolute atomic E-state index is 13.5. The number of carbonyl (C=O) groups is 1. The molecule has 24 heavy (non-hydrogen) atoms. The Morgan fingerprint density at radius 3 is 2.71 bits per heavy atom. The molecule has 2 atom stereocenters. The normalized spacial score (nSPS) is 26.5. The molecule has 1 amide bonds. The van der Waals surface area contributed by atoms with E-state index in [-0.39, 0.29) is 17.9 Å². The number of carbonyl (C=O) groups excluding carboxylic acids is 1. The lowest BCUT2D eigenvalue weighted by atomic mass is 9.99. The molecule has 0 bridgehead atoms. The van der Waals surface area contributed by atoms with Crippen LogP contribution in [0.1, 0.15) is 50.5 Å². The Labute approximate surface area is 142 Å². The Kier molecular flexibility index (Phi) is 5.82. The molecule has 1 N–H and O–H groups in total. The molecule has 3 nitrogen and oxygen atoms in total. The largest absolute Gasteiger partial charge is 0.356 e. The third-order valence-corrected chi connectivity index (χ3v) is 5.33. The Balaban J connectivity index is 1.78. The van der Waals surface area contributed by atoms with Crippen LogP contribution < -0.4 is 5.32 Å². The van der Waals surface area contributed by atoms with Gasteiger partial charge in [0.2, 0.25) is 5.91 Å². The smallest absolute Gasteiger partial charge is 0.224 e. The molecule has 3 rings (SSSR count). The van der Waals surface area contributed by atoms with Gasteiger partial charge in [0.25, 0.3) is 0 Å². The summed E-state index contributed by atoms with van der Waals surface area (Å²) in [6.45, 7) is 2.25. The summed E-state index contributed by atoms with van der Waals surface area (Å²) in [7, 11) is 0. The fraction of sp³-hybridized carbons (Fsp3) is 0.632. The van der Waals surface area contributed by atoms with E-state index in [9.17, 15) is 13.6 Å². The number of hydrogen-bond donors (Lipinski definition) is 1. The van der Waals surface area contributed by atoms with Crippen molar-refractivity contribution in [2.24, 2.45) is 5.92 Å². The van der Waals surface area contributed by atoms with Crippen molar-refractivity contribution in [3.05, 3.63) is 35.4 Å². The van der Waals surface area contributed by atoms with E-state index in [0.29, 0.717) is 6.54 Å². The molecule has 1 aliphatic heterocycles. The quantitative estimate of drug-likeness (QED) is 0.894. The number of nitrogens with one attached hydrogen (secondary N) is 1. The number of fused-ring (bicyclic) bond motifs is 1. The first-order chi connectivity index (χ1) is 11.6. The molecule has 1 aromatic carbocycles. The first-order valence-electron chi connectivity index (χ1n) is 9.11. The zero-order valence-corrected chi connectivity index (χ0v) is 14.1. The summed E-state index contributed by atoms with van der Waals surface area (Å²) in [5.74, 6) is -1.43. The van der Waals surface area contributed by atoms with Gasteiger partial charge in [0.05, 0.1) is 5.92 Å². The van der Waals surface area contributed by atoms with Crippen LogP contribution in [0.15, 0.2) is 18.2 Å². The predicted molar refractivity (Wildman–Crippen MR) is 89.4 cm³/mol. The van der Waals surface area contributed by atoms with Crippen LogP contribution in [0.3, 0.4) is 0 Å². The van der Waals surface area contributed by atoms with E-state index in [1.54, 1.807) is 6.07 Å². The van der Waals surface area contributed by atoms with Crippen LogP contribution in [0.4, 0.5) is 8.78 Å². The van der Waals surface area contributed by atoms with Crippen LogP contribution in [-0.4, -0.2) is 29.9 Å². The minimum absolute atomic E-state index is 0.0217. The fourth-order valence-corrected chi connectivity index (χ4v) is 4.05. The van der Waals surface area contributed by atoms with Gasteiger partial charge in [-0.05, 0) is 49.9 Å². The number of halogens is 2. The average molecular weight is 336 g/mol. The first kappa shape index (κ1) is 17.3. The van der Waals surface area contributed by atoms with Gasteiger partial charge in [0, 0.05) is 19.1 Å². The van der Waals surface area contributed by atoms with E-state index in [4.69, 9.17) is 0 Å². The standard InChI is InChI=1S/C19H26F2N2O/c20-16-9-8-14(12-17(16)21)13-23-11-4-2-1-3-10-22-19(24)15-6-5-7-18(15)23/h8-9,12,15,18H,1-7,10-11,13H2,(H,22,24)/t15-,18+/m1/s1. The molecular weight excluding hydrogens is 310 g/mol. The summed E-state index contributed by atoms with van der Waals surface area (Å²) in [5.41, 5.74) is 0.773. The molecule has 5 heteroatoms. The fourth-order valence-electron chi connectivity index (χ4n) is 4.05. The molecule has 0 unspecified atom stereocenters. The van der Waals surface area contributed by atoms with Crippen molar-refractivity contribution in [2.75, 3.05) is 13.1 Å². The Bertz CT molecular complexity index is 578. The minimum Gasteiger partial charge on any atom is -0.356 e. The zero-order chi connectivity index (χ0) is 16.9. The molecule has 0 aromatic heterocycles. The number of benzene rings is 1. The van der Waals surface area contributed by atoms with Crippen LogP contribution in [0.5, 0.6) is 0 Å². The van der Waals surface area contributed by atoms with E-state index in [0.717, 1.165) is 63.6 Å². The monoisotopic (exact) mass is 336 g/mol. The molecule has 0 spiro atoms. The van der Waals surface area contributed by atoms with E-state index in [1.807, 2.05) is 0 Å². The van der Waals surface area contributed by atoms with Crippen LogP contribution in [-0.2, 0) is 11.3 Å². The molecule has 2 aliphatic rings. The number of hydrogen-bond acceptors (Lipinski definition) is 2. The number of rotatable bonds is 2. The molecule has 1 heterocycles. The molecule has 0 radical (unpaired) electrons. The highest BCUT2D eigenvalue weighted by Crippen LogP contribution is 2.32. The third kappa shape index (κ3) is 4.12. The van der Waals surface area contributed by atoms with Gasteiger partial charge in [-0.3, -0.25) is 9.69 Å². The van der Waals surface area contributed by atoms with Gasteiger partial charge in [-0.1, -0.05) is 25.3 Å². The molecular formula is C19H26F2N2O. The zero-order valence-electron chi connectivity index (χ0n) is 14.1. The average Bonchev–Trinajstić information content (AvgIpc) is 3.04. The summed E-state index contributed by atoms with van der Waals surface area (Å²) in [4.78, 5) is 14.8. The van der Waals surface area contributed by atoms with Crippen LogP contribution in [0, 0.1) is 17.6 Å². The second kappa shape index (κ2) is 8.06. The summed E-state index contributed by atoms with van der Waals surface area (Å²) in [6.07, 6.45) is 7.35. The highest BCUT2D eigenvalue weighted by Gasteiger charge is 2.36. The van der Waals surface area contributed by atoms with Crippen LogP contribution in [0.2, 0.25) is 0 Å². The molecule has 1 aliphatic carbocycles. The van der Waals surface area contributed by atoms with Crippen molar-refractivity contribution in [1.82, 2.24) is 10.2 Å². The highest BCUT2D eigenvalue weighted by molar-refractivity contribution is 5.79. The van der Waals surface area contributed by atoms with Gasteiger partial charge in [-0.15, -0.1) is 0 Å². The molecule has 1 aromatic rings. The van der Waals surface area contributed by atoms with Crippen molar-refractivity contribution in [3.8, 4) is 0 Å². The molecule has 132 valence electrons. The molecule has 2 fully saturated rings. The third-order valence-electron chi connectivity index (χ3n) is 5.33. The number of nitrogens with zero attached hydrogens (tertiary/aromatic N) is 1. The van der Waals surface area contributed by atoms with E-state index in [2.05, 4.69) is 10.2 Å². The van der Waals surface area contributed by atoms with Gasteiger partial charge in [0.1, 0.15) is 0 Å². The summed E-state index contributed by atoms with van der Waals surface area (Å²) in [5, 5.41) is 3.08. The highest BCUT2D eigenvalue weighted by atomic mass is 19.2. The van der Waals surface area contributed by atoms with Gasteiger partial charge >= 0.3 is 0 Å². The maximum Gasteiger partial charge on any atom is 0.224 e. The van der Waals surface area contributed by atoms with E-state index >= 15 is 0 Å². The van der Waals surface area contributed by atoms with E-state index < -0.39 is 11.6 Å². The SMILES string of the molecule is O=C1NCCCCCCN(Cc2ccc(F)c(F)c2)[C@H]2CCC[C@@H]12. The predicted octanol–water partition coefficient (Wildman–Crippen LogP) is 3.63. The summed E-state index contributed by atoms with van der Waals surface area (Å²) >= 11 is 0. The number of amides is 1. The summed E-state index contributed by atoms with van der Waals surface area (Å²) < 4.78 is 26.7. The Morgan fingerprint density at radius 2 is 1.88 bits per heavy atom. The molecule has 1 saturated heterocycles. The lowest BCUT2D eigenvalue weighted by Crippen LogP contribution is -2.44. The topological polar surface area (TPSA) is 32.3 Å².